The fourth-order valence-electron chi connectivity index (χ4n) is 2.09. The number of aliphatic hydroxyl groups is 1. The lowest BCUT2D eigenvalue weighted by atomic mass is 10.1. The molecule has 0 bridgehead atoms. The standard InChI is InChI=1S/C10H18N4O/c1-14-7-12-13-10(14)6-11-5-8-3-2-4-9(8)15/h7-9,11,15H,2-6H2,1H3. The van der Waals surface area contributed by atoms with E-state index >= 15 is 0 Å². The van der Waals surface area contributed by atoms with Crippen LogP contribution < -0.4 is 5.32 Å². The Morgan fingerprint density at radius 1 is 1.60 bits per heavy atom. The van der Waals surface area contributed by atoms with Gasteiger partial charge in [-0.25, -0.2) is 0 Å². The summed E-state index contributed by atoms with van der Waals surface area (Å²) >= 11 is 0. The third-order valence-corrected chi connectivity index (χ3v) is 3.11. The second-order valence-electron chi connectivity index (χ2n) is 4.25. The van der Waals surface area contributed by atoms with Crippen molar-refractivity contribution in [1.29, 1.82) is 0 Å². The van der Waals surface area contributed by atoms with Crippen LogP contribution in [0.5, 0.6) is 0 Å². The van der Waals surface area contributed by atoms with Gasteiger partial charge in [0.1, 0.15) is 12.2 Å². The Morgan fingerprint density at radius 3 is 3.07 bits per heavy atom. The summed E-state index contributed by atoms with van der Waals surface area (Å²) in [4.78, 5) is 0. The quantitative estimate of drug-likeness (QED) is 0.738. The molecule has 1 heterocycles. The molecule has 0 aromatic carbocycles. The lowest BCUT2D eigenvalue weighted by Crippen LogP contribution is -2.28. The van der Waals surface area contributed by atoms with Crippen LogP contribution in [0.3, 0.4) is 0 Å². The fourth-order valence-corrected chi connectivity index (χ4v) is 2.09. The highest BCUT2D eigenvalue weighted by atomic mass is 16.3. The van der Waals surface area contributed by atoms with Gasteiger partial charge in [0.25, 0.3) is 0 Å². The average Bonchev–Trinajstić information content (AvgIpc) is 2.78. The number of aliphatic hydroxyl groups excluding tert-OH is 1. The molecule has 1 fully saturated rings. The summed E-state index contributed by atoms with van der Waals surface area (Å²) in [5.74, 6) is 1.35. The Bertz CT molecular complexity index is 312. The summed E-state index contributed by atoms with van der Waals surface area (Å²) in [5, 5.41) is 20.7. The number of rotatable bonds is 4. The van der Waals surface area contributed by atoms with Gasteiger partial charge in [-0.05, 0) is 18.8 Å². The monoisotopic (exact) mass is 210 g/mol. The van der Waals surface area contributed by atoms with Crippen LogP contribution in [0, 0.1) is 5.92 Å². The third-order valence-electron chi connectivity index (χ3n) is 3.11. The summed E-state index contributed by atoms with van der Waals surface area (Å²) in [5.41, 5.74) is 0. The topological polar surface area (TPSA) is 63.0 Å². The number of hydrogen-bond acceptors (Lipinski definition) is 4. The molecular weight excluding hydrogens is 192 g/mol. The maximum Gasteiger partial charge on any atom is 0.146 e. The Hall–Kier alpha value is -0.940. The van der Waals surface area contributed by atoms with Gasteiger partial charge in [-0.1, -0.05) is 6.42 Å². The minimum atomic E-state index is -0.114. The van der Waals surface area contributed by atoms with Crippen molar-refractivity contribution in [2.45, 2.75) is 31.9 Å². The number of aromatic nitrogens is 3. The fraction of sp³-hybridized carbons (Fsp3) is 0.800. The van der Waals surface area contributed by atoms with Crippen LogP contribution in [-0.2, 0) is 13.6 Å². The van der Waals surface area contributed by atoms with Crippen molar-refractivity contribution in [3.63, 3.8) is 0 Å². The highest BCUT2D eigenvalue weighted by molar-refractivity contribution is 4.84. The molecule has 0 spiro atoms. The lowest BCUT2D eigenvalue weighted by molar-refractivity contribution is 0.131. The third kappa shape index (κ3) is 2.54. The molecule has 1 saturated carbocycles. The van der Waals surface area contributed by atoms with Crippen LogP contribution >= 0.6 is 0 Å². The summed E-state index contributed by atoms with van der Waals surface area (Å²) in [7, 11) is 1.93. The molecule has 2 atom stereocenters. The Kier molecular flexibility index (Phi) is 3.33. The Morgan fingerprint density at radius 2 is 2.47 bits per heavy atom. The maximum absolute atomic E-state index is 9.63. The van der Waals surface area contributed by atoms with Crippen molar-refractivity contribution in [1.82, 2.24) is 20.1 Å². The Balaban J connectivity index is 1.73. The van der Waals surface area contributed by atoms with Gasteiger partial charge in [0, 0.05) is 13.6 Å². The zero-order chi connectivity index (χ0) is 10.7. The summed E-state index contributed by atoms with van der Waals surface area (Å²) in [6.45, 7) is 1.59. The summed E-state index contributed by atoms with van der Waals surface area (Å²) < 4.78 is 1.90. The summed E-state index contributed by atoms with van der Waals surface area (Å²) in [6, 6.07) is 0. The van der Waals surface area contributed by atoms with Gasteiger partial charge < -0.3 is 15.0 Å². The first-order valence-electron chi connectivity index (χ1n) is 5.49. The number of hydrogen-bond donors (Lipinski definition) is 2. The average molecular weight is 210 g/mol. The highest BCUT2D eigenvalue weighted by Gasteiger charge is 2.24. The first kappa shape index (κ1) is 10.6. The molecular formula is C10H18N4O. The molecule has 1 aliphatic rings. The van der Waals surface area contributed by atoms with E-state index in [0.29, 0.717) is 5.92 Å². The molecule has 0 radical (unpaired) electrons. The molecule has 1 aromatic heterocycles. The van der Waals surface area contributed by atoms with E-state index in [1.165, 1.54) is 0 Å². The molecule has 0 aliphatic heterocycles. The largest absolute Gasteiger partial charge is 0.393 e. The van der Waals surface area contributed by atoms with Crippen LogP contribution in [0.25, 0.3) is 0 Å². The number of nitrogens with zero attached hydrogens (tertiary/aromatic N) is 3. The van der Waals surface area contributed by atoms with E-state index in [2.05, 4.69) is 15.5 Å². The zero-order valence-corrected chi connectivity index (χ0v) is 9.06. The molecule has 2 rings (SSSR count). The predicted molar refractivity (Wildman–Crippen MR) is 56.1 cm³/mol. The van der Waals surface area contributed by atoms with Crippen LogP contribution in [0.15, 0.2) is 6.33 Å². The van der Waals surface area contributed by atoms with Gasteiger partial charge in [0.15, 0.2) is 0 Å². The molecule has 2 unspecified atom stereocenters. The molecule has 15 heavy (non-hydrogen) atoms. The molecule has 1 aliphatic carbocycles. The summed E-state index contributed by atoms with van der Waals surface area (Å²) in [6.07, 6.45) is 4.82. The van der Waals surface area contributed by atoms with Crippen molar-refractivity contribution >= 4 is 0 Å². The van der Waals surface area contributed by atoms with Crippen molar-refractivity contribution < 1.29 is 5.11 Å². The number of aryl methyl sites for hydroxylation is 1. The van der Waals surface area contributed by atoms with E-state index in [1.807, 2.05) is 11.6 Å². The predicted octanol–water partition coefficient (Wildman–Crippen LogP) is 0.0657. The van der Waals surface area contributed by atoms with Crippen LogP contribution in [-0.4, -0.2) is 32.5 Å². The van der Waals surface area contributed by atoms with Gasteiger partial charge in [-0.2, -0.15) is 0 Å². The molecule has 1 aromatic rings. The van der Waals surface area contributed by atoms with E-state index in [0.717, 1.165) is 38.2 Å². The van der Waals surface area contributed by atoms with Crippen LogP contribution in [0.1, 0.15) is 25.1 Å². The van der Waals surface area contributed by atoms with E-state index in [1.54, 1.807) is 6.33 Å². The normalized spacial score (nSPS) is 26.0. The van der Waals surface area contributed by atoms with Crippen molar-refractivity contribution in [3.05, 3.63) is 12.2 Å². The SMILES string of the molecule is Cn1cnnc1CNCC1CCCC1O. The molecule has 0 amide bonds. The smallest absolute Gasteiger partial charge is 0.146 e. The second-order valence-corrected chi connectivity index (χ2v) is 4.25. The second kappa shape index (κ2) is 4.72. The molecule has 84 valence electrons. The van der Waals surface area contributed by atoms with E-state index < -0.39 is 0 Å². The number of nitrogens with one attached hydrogen (secondary N) is 1. The van der Waals surface area contributed by atoms with E-state index in [-0.39, 0.29) is 6.10 Å². The van der Waals surface area contributed by atoms with Crippen LogP contribution in [0.2, 0.25) is 0 Å². The van der Waals surface area contributed by atoms with Gasteiger partial charge in [-0.3, -0.25) is 0 Å². The Labute approximate surface area is 89.5 Å². The van der Waals surface area contributed by atoms with Gasteiger partial charge >= 0.3 is 0 Å². The van der Waals surface area contributed by atoms with Crippen molar-refractivity contribution in [2.24, 2.45) is 13.0 Å². The molecule has 5 nitrogen and oxygen atoms in total. The van der Waals surface area contributed by atoms with Gasteiger partial charge in [-0.15, -0.1) is 10.2 Å². The molecule has 0 saturated heterocycles. The minimum Gasteiger partial charge on any atom is -0.393 e. The lowest BCUT2D eigenvalue weighted by Gasteiger charge is -2.14. The van der Waals surface area contributed by atoms with Gasteiger partial charge in [0.05, 0.1) is 12.6 Å². The zero-order valence-electron chi connectivity index (χ0n) is 9.06. The van der Waals surface area contributed by atoms with Crippen molar-refractivity contribution in [2.75, 3.05) is 6.54 Å². The first-order valence-corrected chi connectivity index (χ1v) is 5.49. The minimum absolute atomic E-state index is 0.114. The first-order chi connectivity index (χ1) is 7.27. The maximum atomic E-state index is 9.63. The van der Waals surface area contributed by atoms with Crippen molar-refractivity contribution in [3.8, 4) is 0 Å². The van der Waals surface area contributed by atoms with E-state index in [4.69, 9.17) is 0 Å². The van der Waals surface area contributed by atoms with Gasteiger partial charge in [0.2, 0.25) is 0 Å². The van der Waals surface area contributed by atoms with E-state index in [9.17, 15) is 5.11 Å². The highest BCUT2D eigenvalue weighted by Crippen LogP contribution is 2.24. The molecule has 2 N–H and O–H groups in total. The van der Waals surface area contributed by atoms with Crippen LogP contribution in [0.4, 0.5) is 0 Å². The molecule has 5 heteroatoms.